The molecule has 0 bridgehead atoms. The summed E-state index contributed by atoms with van der Waals surface area (Å²) in [5, 5.41) is 5.56. The molecule has 2 rings (SSSR count). The Bertz CT molecular complexity index is 479. The van der Waals surface area contributed by atoms with Gasteiger partial charge in [-0.3, -0.25) is 0 Å². The highest BCUT2D eigenvalue weighted by Gasteiger charge is 2.07. The van der Waals surface area contributed by atoms with Gasteiger partial charge in [-0.1, -0.05) is 19.1 Å². The van der Waals surface area contributed by atoms with E-state index in [1.54, 1.807) is 18.4 Å². The van der Waals surface area contributed by atoms with E-state index in [0.717, 1.165) is 25.3 Å². The first-order chi connectivity index (χ1) is 8.85. The smallest absolute Gasteiger partial charge is 0.119 e. The second-order valence-corrected chi connectivity index (χ2v) is 5.12. The first kappa shape index (κ1) is 13.1. The Morgan fingerprint density at radius 2 is 2.17 bits per heavy atom. The Labute approximate surface area is 113 Å². The van der Waals surface area contributed by atoms with Crippen LogP contribution < -0.4 is 10.1 Å². The molecule has 0 spiro atoms. The monoisotopic (exact) mass is 261 g/mol. The molecule has 1 aromatic heterocycles. The first-order valence-electron chi connectivity index (χ1n) is 6.26. The molecule has 96 valence electrons. The lowest BCUT2D eigenvalue weighted by Gasteiger charge is -2.11. The Hall–Kier alpha value is -1.32. The van der Waals surface area contributed by atoms with Gasteiger partial charge in [-0.25, -0.2) is 0 Å². The molecule has 0 saturated heterocycles. The lowest BCUT2D eigenvalue weighted by atomic mass is 10.1. The normalized spacial score (nSPS) is 10.6. The summed E-state index contributed by atoms with van der Waals surface area (Å²) in [4.78, 5) is 1.29. The maximum Gasteiger partial charge on any atom is 0.119 e. The van der Waals surface area contributed by atoms with Crippen molar-refractivity contribution in [1.82, 2.24) is 5.32 Å². The molecule has 1 aromatic carbocycles. The summed E-state index contributed by atoms with van der Waals surface area (Å²) in [6.45, 7) is 4.14. The minimum absolute atomic E-state index is 0.908. The number of benzene rings is 1. The van der Waals surface area contributed by atoms with Crippen LogP contribution in [0, 0.1) is 0 Å². The van der Waals surface area contributed by atoms with Gasteiger partial charge in [0.2, 0.25) is 0 Å². The Balaban J connectivity index is 2.27. The van der Waals surface area contributed by atoms with Crippen molar-refractivity contribution in [1.29, 1.82) is 0 Å². The summed E-state index contributed by atoms with van der Waals surface area (Å²) in [7, 11) is 1.71. The van der Waals surface area contributed by atoms with Crippen molar-refractivity contribution in [2.24, 2.45) is 0 Å². The molecule has 0 aliphatic rings. The molecule has 0 aliphatic heterocycles. The van der Waals surface area contributed by atoms with E-state index in [0.29, 0.717) is 0 Å². The zero-order chi connectivity index (χ0) is 12.8. The molecule has 0 atom stereocenters. The number of nitrogens with one attached hydrogen (secondary N) is 1. The fourth-order valence-electron chi connectivity index (χ4n) is 1.90. The molecule has 18 heavy (non-hydrogen) atoms. The van der Waals surface area contributed by atoms with Gasteiger partial charge in [-0.05, 0) is 47.7 Å². The van der Waals surface area contributed by atoms with Crippen molar-refractivity contribution >= 4 is 11.3 Å². The van der Waals surface area contributed by atoms with E-state index < -0.39 is 0 Å². The molecule has 2 aromatic rings. The zero-order valence-electron chi connectivity index (χ0n) is 10.9. The largest absolute Gasteiger partial charge is 0.497 e. The predicted octanol–water partition coefficient (Wildman–Crippen LogP) is 3.92. The summed E-state index contributed by atoms with van der Waals surface area (Å²) in [5.41, 5.74) is 2.60. The Morgan fingerprint density at radius 3 is 2.83 bits per heavy atom. The van der Waals surface area contributed by atoms with Crippen LogP contribution in [0.3, 0.4) is 0 Å². The molecule has 0 saturated carbocycles. The summed E-state index contributed by atoms with van der Waals surface area (Å²) in [5.74, 6) is 0.914. The van der Waals surface area contributed by atoms with E-state index in [9.17, 15) is 0 Å². The number of rotatable bonds is 6. The lowest BCUT2D eigenvalue weighted by molar-refractivity contribution is 0.415. The molecule has 1 heterocycles. The maximum atomic E-state index is 5.32. The van der Waals surface area contributed by atoms with Crippen molar-refractivity contribution in [3.8, 4) is 16.2 Å². The van der Waals surface area contributed by atoms with E-state index in [2.05, 4.69) is 41.9 Å². The molecule has 0 aliphatic carbocycles. The average molecular weight is 261 g/mol. The van der Waals surface area contributed by atoms with E-state index in [4.69, 9.17) is 4.74 Å². The van der Waals surface area contributed by atoms with Crippen molar-refractivity contribution in [2.45, 2.75) is 19.9 Å². The minimum atomic E-state index is 0.908. The van der Waals surface area contributed by atoms with Crippen LogP contribution in [0.4, 0.5) is 0 Å². The summed E-state index contributed by atoms with van der Waals surface area (Å²) >= 11 is 1.77. The topological polar surface area (TPSA) is 21.3 Å². The number of methoxy groups -OCH3 is 1. The van der Waals surface area contributed by atoms with Gasteiger partial charge in [0.25, 0.3) is 0 Å². The van der Waals surface area contributed by atoms with E-state index >= 15 is 0 Å². The van der Waals surface area contributed by atoms with Gasteiger partial charge in [0.1, 0.15) is 5.75 Å². The van der Waals surface area contributed by atoms with Crippen LogP contribution >= 0.6 is 11.3 Å². The Kier molecular flexibility index (Phi) is 4.79. The van der Waals surface area contributed by atoms with Crippen LogP contribution in [0.15, 0.2) is 35.7 Å². The third-order valence-corrected chi connectivity index (χ3v) is 3.75. The van der Waals surface area contributed by atoms with Crippen LogP contribution in [0.2, 0.25) is 0 Å². The van der Waals surface area contributed by atoms with E-state index in [-0.39, 0.29) is 0 Å². The van der Waals surface area contributed by atoms with Crippen LogP contribution in [0.1, 0.15) is 18.9 Å². The average Bonchev–Trinajstić information content (AvgIpc) is 2.93. The quantitative estimate of drug-likeness (QED) is 0.796. The molecule has 2 nitrogen and oxygen atoms in total. The van der Waals surface area contributed by atoms with Crippen molar-refractivity contribution in [3.05, 3.63) is 41.3 Å². The molecule has 0 fully saturated rings. The second kappa shape index (κ2) is 6.57. The molecular weight excluding hydrogens is 242 g/mol. The third-order valence-electron chi connectivity index (χ3n) is 2.85. The predicted molar refractivity (Wildman–Crippen MR) is 78.3 cm³/mol. The van der Waals surface area contributed by atoms with Crippen molar-refractivity contribution < 1.29 is 4.74 Å². The van der Waals surface area contributed by atoms with Gasteiger partial charge >= 0.3 is 0 Å². The van der Waals surface area contributed by atoms with E-state index in [1.165, 1.54) is 16.0 Å². The fraction of sp³-hybridized carbons (Fsp3) is 0.333. The highest BCUT2D eigenvalue weighted by molar-refractivity contribution is 7.13. The van der Waals surface area contributed by atoms with Gasteiger partial charge in [0.15, 0.2) is 0 Å². The summed E-state index contributed by atoms with van der Waals surface area (Å²) in [6.07, 6.45) is 1.16. The molecule has 3 heteroatoms. The lowest BCUT2D eigenvalue weighted by Crippen LogP contribution is -2.14. The maximum absolute atomic E-state index is 5.32. The van der Waals surface area contributed by atoms with Gasteiger partial charge in [-0.2, -0.15) is 0 Å². The number of thiophene rings is 1. The molecule has 0 radical (unpaired) electrons. The Morgan fingerprint density at radius 1 is 1.28 bits per heavy atom. The van der Waals surface area contributed by atoms with E-state index in [1.807, 2.05) is 6.07 Å². The highest BCUT2D eigenvalue weighted by atomic mass is 32.1. The number of hydrogen-bond donors (Lipinski definition) is 1. The second-order valence-electron chi connectivity index (χ2n) is 4.18. The SMILES string of the molecule is CCCNCc1ccc(OC)cc1-c1cccs1. The standard InChI is InChI=1S/C15H19NOS/c1-3-8-16-11-12-6-7-13(17-2)10-14(12)15-5-4-9-18-15/h4-7,9-10,16H,3,8,11H2,1-2H3. The molecular formula is C15H19NOS. The summed E-state index contributed by atoms with van der Waals surface area (Å²) in [6, 6.07) is 10.5. The van der Waals surface area contributed by atoms with Crippen LogP contribution in [0.25, 0.3) is 10.4 Å². The van der Waals surface area contributed by atoms with Crippen LogP contribution in [-0.4, -0.2) is 13.7 Å². The fourth-order valence-corrected chi connectivity index (χ4v) is 2.68. The molecule has 0 unspecified atom stereocenters. The van der Waals surface area contributed by atoms with Crippen LogP contribution in [-0.2, 0) is 6.54 Å². The van der Waals surface area contributed by atoms with Gasteiger partial charge in [-0.15, -0.1) is 11.3 Å². The highest BCUT2D eigenvalue weighted by Crippen LogP contribution is 2.31. The van der Waals surface area contributed by atoms with Gasteiger partial charge in [0.05, 0.1) is 7.11 Å². The first-order valence-corrected chi connectivity index (χ1v) is 7.14. The number of ether oxygens (including phenoxy) is 1. The minimum Gasteiger partial charge on any atom is -0.497 e. The van der Waals surface area contributed by atoms with Gasteiger partial charge in [0, 0.05) is 11.4 Å². The number of hydrogen-bond acceptors (Lipinski definition) is 3. The van der Waals surface area contributed by atoms with Crippen LogP contribution in [0.5, 0.6) is 5.75 Å². The van der Waals surface area contributed by atoms with Gasteiger partial charge < -0.3 is 10.1 Å². The van der Waals surface area contributed by atoms with Crippen molar-refractivity contribution in [3.63, 3.8) is 0 Å². The zero-order valence-corrected chi connectivity index (χ0v) is 11.7. The third kappa shape index (κ3) is 3.12. The van der Waals surface area contributed by atoms with Crippen molar-refractivity contribution in [2.75, 3.05) is 13.7 Å². The molecule has 1 N–H and O–H groups in total. The molecule has 0 amide bonds. The summed E-state index contributed by atoms with van der Waals surface area (Å²) < 4.78 is 5.32.